The molecule has 0 aromatic carbocycles. The van der Waals surface area contributed by atoms with E-state index in [2.05, 4.69) is 37.2 Å². The van der Waals surface area contributed by atoms with Crippen molar-refractivity contribution in [3.8, 4) is 0 Å². The molecule has 3 heterocycles. The first kappa shape index (κ1) is 13.9. The molecular formula is C14H20N6O. The number of aryl methyl sites for hydroxylation is 2. The van der Waals surface area contributed by atoms with E-state index in [0.717, 1.165) is 36.7 Å². The minimum absolute atomic E-state index is 0.471. The third kappa shape index (κ3) is 2.73. The quantitative estimate of drug-likeness (QED) is 0.874. The highest BCUT2D eigenvalue weighted by Crippen LogP contribution is 2.31. The summed E-state index contributed by atoms with van der Waals surface area (Å²) >= 11 is 0. The van der Waals surface area contributed by atoms with Crippen LogP contribution in [0.1, 0.15) is 37.0 Å². The fourth-order valence-corrected chi connectivity index (χ4v) is 2.82. The van der Waals surface area contributed by atoms with Gasteiger partial charge in [-0.25, -0.2) is 9.97 Å². The van der Waals surface area contributed by atoms with E-state index in [1.54, 1.807) is 6.20 Å². The van der Waals surface area contributed by atoms with E-state index in [1.165, 1.54) is 0 Å². The molecule has 0 saturated carbocycles. The van der Waals surface area contributed by atoms with E-state index in [-0.39, 0.29) is 0 Å². The van der Waals surface area contributed by atoms with E-state index in [0.29, 0.717) is 18.7 Å². The second-order valence-electron chi connectivity index (χ2n) is 5.53. The summed E-state index contributed by atoms with van der Waals surface area (Å²) in [6.45, 7) is 5.32. The molecule has 0 aliphatic carbocycles. The molecule has 112 valence electrons. The summed E-state index contributed by atoms with van der Waals surface area (Å²) in [6, 6.07) is 2.00. The summed E-state index contributed by atoms with van der Waals surface area (Å²) in [7, 11) is 0. The maximum Gasteiger partial charge on any atom is 0.132 e. The Kier molecular flexibility index (Phi) is 3.59. The number of anilines is 1. The van der Waals surface area contributed by atoms with Gasteiger partial charge in [-0.05, 0) is 26.2 Å². The Labute approximate surface area is 123 Å². The lowest BCUT2D eigenvalue weighted by Gasteiger charge is -2.38. The molecule has 0 spiro atoms. The molecule has 1 aliphatic heterocycles. The van der Waals surface area contributed by atoms with Crippen LogP contribution in [0.25, 0.3) is 0 Å². The van der Waals surface area contributed by atoms with Crippen LogP contribution in [0.4, 0.5) is 5.82 Å². The Bertz CT molecular complexity index is 614. The molecule has 1 saturated heterocycles. The van der Waals surface area contributed by atoms with Crippen LogP contribution >= 0.6 is 0 Å². The smallest absolute Gasteiger partial charge is 0.132 e. The van der Waals surface area contributed by atoms with Gasteiger partial charge in [-0.2, -0.15) is 15.4 Å². The second kappa shape index (κ2) is 5.40. The molecule has 21 heavy (non-hydrogen) atoms. The van der Waals surface area contributed by atoms with Gasteiger partial charge in [0.2, 0.25) is 0 Å². The Morgan fingerprint density at radius 1 is 1.43 bits per heavy atom. The molecule has 0 bridgehead atoms. The molecule has 7 heteroatoms. The van der Waals surface area contributed by atoms with Crippen molar-refractivity contribution >= 4 is 5.82 Å². The first-order valence-corrected chi connectivity index (χ1v) is 7.29. The van der Waals surface area contributed by atoms with Gasteiger partial charge in [-0.3, -0.25) is 0 Å². The lowest BCUT2D eigenvalue weighted by molar-refractivity contribution is 0.0174. The van der Waals surface area contributed by atoms with Crippen molar-refractivity contribution < 1.29 is 5.11 Å². The van der Waals surface area contributed by atoms with Gasteiger partial charge in [0.15, 0.2) is 0 Å². The molecule has 0 amide bonds. The second-order valence-corrected chi connectivity index (χ2v) is 5.53. The van der Waals surface area contributed by atoms with Crippen molar-refractivity contribution in [2.75, 3.05) is 18.0 Å². The van der Waals surface area contributed by atoms with Gasteiger partial charge in [-0.15, -0.1) is 0 Å². The maximum absolute atomic E-state index is 10.9. The van der Waals surface area contributed by atoms with E-state index < -0.39 is 5.60 Å². The molecule has 3 rings (SSSR count). The predicted octanol–water partition coefficient (Wildman–Crippen LogP) is 0.954. The number of piperidine rings is 1. The SMILES string of the molecule is CCc1cc(N2CCCC(O)(c3cn[nH]n3)C2)nc(C)n1. The summed E-state index contributed by atoms with van der Waals surface area (Å²) < 4.78 is 0. The van der Waals surface area contributed by atoms with Gasteiger partial charge < -0.3 is 10.0 Å². The van der Waals surface area contributed by atoms with Crippen LogP contribution in [-0.2, 0) is 12.0 Å². The topological polar surface area (TPSA) is 90.8 Å². The lowest BCUT2D eigenvalue weighted by atomic mass is 9.90. The van der Waals surface area contributed by atoms with Crippen molar-refractivity contribution in [2.45, 2.75) is 38.7 Å². The van der Waals surface area contributed by atoms with Gasteiger partial charge in [-0.1, -0.05) is 6.92 Å². The average molecular weight is 288 g/mol. The summed E-state index contributed by atoms with van der Waals surface area (Å²) in [5.41, 5.74) is 0.637. The van der Waals surface area contributed by atoms with Crippen molar-refractivity contribution in [3.05, 3.63) is 29.5 Å². The van der Waals surface area contributed by atoms with Crippen LogP contribution in [0.3, 0.4) is 0 Å². The van der Waals surface area contributed by atoms with E-state index >= 15 is 0 Å². The Morgan fingerprint density at radius 2 is 2.29 bits per heavy atom. The largest absolute Gasteiger partial charge is 0.382 e. The molecule has 1 unspecified atom stereocenters. The summed E-state index contributed by atoms with van der Waals surface area (Å²) in [4.78, 5) is 11.0. The Balaban J connectivity index is 1.88. The summed E-state index contributed by atoms with van der Waals surface area (Å²) in [5.74, 6) is 1.64. The molecule has 1 atom stereocenters. The first-order chi connectivity index (χ1) is 10.1. The Morgan fingerprint density at radius 3 is 3.00 bits per heavy atom. The lowest BCUT2D eigenvalue weighted by Crippen LogP contribution is -2.46. The van der Waals surface area contributed by atoms with E-state index in [1.807, 2.05) is 13.0 Å². The molecule has 0 radical (unpaired) electrons. The number of H-pyrrole nitrogens is 1. The third-order valence-electron chi connectivity index (χ3n) is 3.93. The number of hydrogen-bond acceptors (Lipinski definition) is 6. The van der Waals surface area contributed by atoms with Gasteiger partial charge in [0.1, 0.15) is 22.9 Å². The van der Waals surface area contributed by atoms with E-state index in [9.17, 15) is 5.11 Å². The highest BCUT2D eigenvalue weighted by molar-refractivity contribution is 5.41. The van der Waals surface area contributed by atoms with Crippen molar-refractivity contribution in [1.82, 2.24) is 25.4 Å². The van der Waals surface area contributed by atoms with Crippen LogP contribution in [0, 0.1) is 6.92 Å². The van der Waals surface area contributed by atoms with Gasteiger partial charge in [0.05, 0.1) is 12.7 Å². The van der Waals surface area contributed by atoms with Crippen LogP contribution in [0.5, 0.6) is 0 Å². The maximum atomic E-state index is 10.9. The number of β-amino-alcohol motifs (C(OH)–C–C–N with tert-alkyl or cyclic N) is 1. The molecule has 2 aromatic heterocycles. The number of aromatic amines is 1. The third-order valence-corrected chi connectivity index (χ3v) is 3.93. The van der Waals surface area contributed by atoms with Gasteiger partial charge in [0, 0.05) is 18.3 Å². The molecule has 2 aromatic rings. The van der Waals surface area contributed by atoms with Crippen molar-refractivity contribution in [2.24, 2.45) is 0 Å². The molecular weight excluding hydrogens is 268 g/mol. The number of aromatic nitrogens is 5. The zero-order valence-electron chi connectivity index (χ0n) is 12.4. The normalized spacial score (nSPS) is 22.5. The summed E-state index contributed by atoms with van der Waals surface area (Å²) in [6.07, 6.45) is 4.03. The summed E-state index contributed by atoms with van der Waals surface area (Å²) in [5, 5.41) is 21.3. The van der Waals surface area contributed by atoms with Crippen LogP contribution in [0.2, 0.25) is 0 Å². The van der Waals surface area contributed by atoms with Gasteiger partial charge >= 0.3 is 0 Å². The highest BCUT2D eigenvalue weighted by Gasteiger charge is 2.37. The van der Waals surface area contributed by atoms with Crippen LogP contribution in [0.15, 0.2) is 12.3 Å². The number of nitrogens with one attached hydrogen (secondary N) is 1. The fraction of sp³-hybridized carbons (Fsp3) is 0.571. The minimum Gasteiger partial charge on any atom is -0.382 e. The van der Waals surface area contributed by atoms with Gasteiger partial charge in [0.25, 0.3) is 0 Å². The number of rotatable bonds is 3. The van der Waals surface area contributed by atoms with Crippen molar-refractivity contribution in [1.29, 1.82) is 0 Å². The predicted molar refractivity (Wildman–Crippen MR) is 77.9 cm³/mol. The molecule has 1 aliphatic rings. The van der Waals surface area contributed by atoms with Crippen LogP contribution < -0.4 is 4.90 Å². The molecule has 7 nitrogen and oxygen atoms in total. The average Bonchev–Trinajstić information content (AvgIpc) is 3.01. The fourth-order valence-electron chi connectivity index (χ4n) is 2.82. The van der Waals surface area contributed by atoms with E-state index in [4.69, 9.17) is 0 Å². The molecule has 2 N–H and O–H groups in total. The Hall–Kier alpha value is -2.02. The monoisotopic (exact) mass is 288 g/mol. The first-order valence-electron chi connectivity index (χ1n) is 7.29. The standard InChI is InChI=1S/C14H20N6O/c1-3-11-7-13(17-10(2)16-11)20-6-4-5-14(21,9-20)12-8-15-19-18-12/h7-8,21H,3-6,9H2,1-2H3,(H,15,18,19). The highest BCUT2D eigenvalue weighted by atomic mass is 16.3. The number of aliphatic hydroxyl groups is 1. The number of nitrogens with zero attached hydrogens (tertiary/aromatic N) is 5. The zero-order chi connectivity index (χ0) is 14.9. The van der Waals surface area contributed by atoms with Crippen LogP contribution in [-0.4, -0.2) is 43.6 Å². The van der Waals surface area contributed by atoms with Crippen molar-refractivity contribution in [3.63, 3.8) is 0 Å². The minimum atomic E-state index is -0.976. The zero-order valence-corrected chi connectivity index (χ0v) is 12.4. The number of hydrogen-bond donors (Lipinski definition) is 2. The molecule has 1 fully saturated rings.